The van der Waals surface area contributed by atoms with Crippen molar-refractivity contribution >= 4 is 27.2 Å². The summed E-state index contributed by atoms with van der Waals surface area (Å²) in [6, 6.07) is 5.01. The fourth-order valence-corrected chi connectivity index (χ4v) is 2.82. The van der Waals surface area contributed by atoms with Gasteiger partial charge in [0.2, 0.25) is 10.5 Å². The lowest BCUT2D eigenvalue weighted by molar-refractivity contribution is -0.669. The Kier molecular flexibility index (Phi) is 4.20. The Labute approximate surface area is 114 Å². The van der Waals surface area contributed by atoms with Gasteiger partial charge in [-0.3, -0.25) is 10.1 Å². The largest absolute Gasteiger partial charge is 1.00 e. The number of nitro groups is 1. The first-order chi connectivity index (χ1) is 7.13. The van der Waals surface area contributed by atoms with Gasteiger partial charge >= 0.3 is 0 Å². The molecule has 4 nitrogen and oxygen atoms in total. The topological polar surface area (TPSA) is 47.0 Å². The average molecular weight is 350 g/mol. The summed E-state index contributed by atoms with van der Waals surface area (Å²) in [5.74, 6) is 0. The van der Waals surface area contributed by atoms with E-state index in [-0.39, 0.29) is 34.6 Å². The van der Waals surface area contributed by atoms with Gasteiger partial charge in [0.25, 0.3) is 5.69 Å². The highest BCUT2D eigenvalue weighted by molar-refractivity contribution is 7.18. The van der Waals surface area contributed by atoms with E-state index in [0.717, 1.165) is 16.8 Å². The van der Waals surface area contributed by atoms with Crippen LogP contribution in [0.4, 0.5) is 5.69 Å². The molecule has 1 heterocycles. The molecule has 1 aromatic heterocycles. The lowest BCUT2D eigenvalue weighted by Crippen LogP contribution is -3.00. The third-order valence-electron chi connectivity index (χ3n) is 2.40. The fraction of sp³-hybridized carbons (Fsp3) is 0.300. The van der Waals surface area contributed by atoms with Crippen molar-refractivity contribution in [2.75, 3.05) is 0 Å². The van der Waals surface area contributed by atoms with Crippen molar-refractivity contribution in [3.05, 3.63) is 33.3 Å². The minimum absolute atomic E-state index is 0. The van der Waals surface area contributed by atoms with Crippen molar-refractivity contribution in [3.63, 3.8) is 0 Å². The molecule has 0 unspecified atom stereocenters. The number of benzene rings is 1. The lowest BCUT2D eigenvalue weighted by atomic mass is 10.3. The van der Waals surface area contributed by atoms with Gasteiger partial charge in [0.05, 0.1) is 4.92 Å². The minimum atomic E-state index is -0.356. The number of nitrogens with zero attached hydrogens (tertiary/aromatic N) is 2. The standard InChI is InChI=1S/C10H11N2O2S.HI/c1-3-11-7(2)15-10-6-8(12(13)14)4-5-9(10)11;/h4-6H,3H2,1-2H3;1H/q+1;/p-1. The Bertz CT molecular complexity index is 539. The summed E-state index contributed by atoms with van der Waals surface area (Å²) in [5, 5.41) is 11.8. The van der Waals surface area contributed by atoms with E-state index < -0.39 is 0 Å². The van der Waals surface area contributed by atoms with Crippen LogP contribution in [0.15, 0.2) is 18.2 Å². The quantitative estimate of drug-likeness (QED) is 0.315. The van der Waals surface area contributed by atoms with Gasteiger partial charge in [-0.05, 0) is 6.92 Å². The maximum atomic E-state index is 10.6. The van der Waals surface area contributed by atoms with Crippen LogP contribution < -0.4 is 28.5 Å². The van der Waals surface area contributed by atoms with E-state index in [1.807, 2.05) is 13.0 Å². The summed E-state index contributed by atoms with van der Waals surface area (Å²) >= 11 is 1.59. The van der Waals surface area contributed by atoms with E-state index in [4.69, 9.17) is 0 Å². The van der Waals surface area contributed by atoms with Gasteiger partial charge in [0.1, 0.15) is 11.2 Å². The summed E-state index contributed by atoms with van der Waals surface area (Å²) < 4.78 is 3.13. The number of halogens is 1. The number of nitro benzene ring substituents is 1. The van der Waals surface area contributed by atoms with Gasteiger partial charge < -0.3 is 24.0 Å². The van der Waals surface area contributed by atoms with E-state index in [2.05, 4.69) is 11.5 Å². The van der Waals surface area contributed by atoms with Gasteiger partial charge in [-0.2, -0.15) is 4.57 Å². The number of aryl methyl sites for hydroxylation is 2. The first kappa shape index (κ1) is 13.3. The molecule has 0 N–H and O–H groups in total. The number of fused-ring (bicyclic) bond motifs is 1. The third kappa shape index (κ3) is 2.17. The normalized spacial score (nSPS) is 10.1. The molecule has 1 aromatic carbocycles. The molecule has 6 heteroatoms. The van der Waals surface area contributed by atoms with Crippen LogP contribution in [0.2, 0.25) is 0 Å². The minimum Gasteiger partial charge on any atom is -1.00 e. The monoisotopic (exact) mass is 350 g/mol. The van der Waals surface area contributed by atoms with Crippen LogP contribution in [-0.4, -0.2) is 4.92 Å². The Balaban J connectivity index is 0.00000128. The molecule has 0 spiro atoms. The van der Waals surface area contributed by atoms with Crippen molar-refractivity contribution in [2.24, 2.45) is 0 Å². The van der Waals surface area contributed by atoms with Crippen LogP contribution in [-0.2, 0) is 6.54 Å². The van der Waals surface area contributed by atoms with E-state index >= 15 is 0 Å². The predicted molar refractivity (Wildman–Crippen MR) is 59.1 cm³/mol. The van der Waals surface area contributed by atoms with E-state index in [0.29, 0.717) is 0 Å². The van der Waals surface area contributed by atoms with Gasteiger partial charge in [-0.1, -0.05) is 11.3 Å². The van der Waals surface area contributed by atoms with Crippen molar-refractivity contribution in [3.8, 4) is 0 Å². The Hall–Kier alpha value is -0.760. The molecule has 0 radical (unpaired) electrons. The zero-order chi connectivity index (χ0) is 11.0. The molecule has 0 bridgehead atoms. The summed E-state index contributed by atoms with van der Waals surface area (Å²) in [5.41, 5.74) is 1.23. The first-order valence-electron chi connectivity index (χ1n) is 4.71. The lowest BCUT2D eigenvalue weighted by Gasteiger charge is -1.91. The second-order valence-electron chi connectivity index (χ2n) is 3.27. The molecule has 0 aliphatic rings. The Morgan fingerprint density at radius 3 is 2.75 bits per heavy atom. The first-order valence-corrected chi connectivity index (χ1v) is 5.52. The van der Waals surface area contributed by atoms with Crippen LogP contribution >= 0.6 is 11.3 Å². The summed E-state index contributed by atoms with van der Waals surface area (Å²) in [6.07, 6.45) is 0. The van der Waals surface area contributed by atoms with Crippen LogP contribution in [0.3, 0.4) is 0 Å². The number of hydrogen-bond donors (Lipinski definition) is 0. The molecule has 0 aliphatic heterocycles. The number of aromatic nitrogens is 1. The number of rotatable bonds is 2. The summed E-state index contributed by atoms with van der Waals surface area (Å²) in [4.78, 5) is 10.3. The molecule has 0 fully saturated rings. The smallest absolute Gasteiger partial charge is 0.271 e. The molecule has 0 saturated heterocycles. The SMILES string of the molecule is CC[n+]1c(C)sc2cc([N+](=O)[O-])ccc21.[I-]. The summed E-state index contributed by atoms with van der Waals surface area (Å²) in [6.45, 7) is 4.99. The fourth-order valence-electron chi connectivity index (χ4n) is 1.70. The highest BCUT2D eigenvalue weighted by Crippen LogP contribution is 2.24. The molecule has 2 rings (SSSR count). The third-order valence-corrected chi connectivity index (χ3v) is 3.46. The van der Waals surface area contributed by atoms with Crippen LogP contribution in [0.25, 0.3) is 10.2 Å². The molecular weight excluding hydrogens is 339 g/mol. The van der Waals surface area contributed by atoms with Crippen LogP contribution in [0, 0.1) is 17.0 Å². The number of thiazole rings is 1. The van der Waals surface area contributed by atoms with Gasteiger partial charge in [0, 0.05) is 25.1 Å². The Morgan fingerprint density at radius 1 is 1.50 bits per heavy atom. The van der Waals surface area contributed by atoms with Crippen molar-refractivity contribution < 1.29 is 33.5 Å². The van der Waals surface area contributed by atoms with Gasteiger partial charge in [-0.25, -0.2) is 0 Å². The zero-order valence-corrected chi connectivity index (χ0v) is 11.9. The predicted octanol–water partition coefficient (Wildman–Crippen LogP) is -0.571. The number of hydrogen-bond acceptors (Lipinski definition) is 3. The molecule has 0 aliphatic carbocycles. The van der Waals surface area contributed by atoms with Crippen molar-refractivity contribution in [1.29, 1.82) is 0 Å². The van der Waals surface area contributed by atoms with Crippen molar-refractivity contribution in [1.82, 2.24) is 0 Å². The molecule has 0 amide bonds. The maximum Gasteiger partial charge on any atom is 0.271 e. The summed E-state index contributed by atoms with van der Waals surface area (Å²) in [7, 11) is 0. The molecule has 0 saturated carbocycles. The maximum absolute atomic E-state index is 10.6. The Morgan fingerprint density at radius 2 is 2.19 bits per heavy atom. The highest BCUT2D eigenvalue weighted by Gasteiger charge is 2.17. The van der Waals surface area contributed by atoms with Crippen molar-refractivity contribution in [2.45, 2.75) is 20.4 Å². The van der Waals surface area contributed by atoms with E-state index in [1.54, 1.807) is 23.5 Å². The molecular formula is C10H11IN2O2S. The average Bonchev–Trinajstić information content (AvgIpc) is 2.51. The second kappa shape index (κ2) is 5.05. The highest BCUT2D eigenvalue weighted by atomic mass is 127. The van der Waals surface area contributed by atoms with Crippen LogP contribution in [0.1, 0.15) is 11.9 Å². The molecule has 86 valence electrons. The van der Waals surface area contributed by atoms with Crippen LogP contribution in [0.5, 0.6) is 0 Å². The molecule has 16 heavy (non-hydrogen) atoms. The second-order valence-corrected chi connectivity index (χ2v) is 4.51. The molecule has 2 aromatic rings. The van der Waals surface area contributed by atoms with E-state index in [1.165, 1.54) is 5.01 Å². The molecule has 0 atom stereocenters. The zero-order valence-electron chi connectivity index (χ0n) is 8.94. The van der Waals surface area contributed by atoms with Gasteiger partial charge in [0.15, 0.2) is 0 Å². The number of non-ortho nitro benzene ring substituents is 1. The van der Waals surface area contributed by atoms with Gasteiger partial charge in [-0.15, -0.1) is 0 Å². The van der Waals surface area contributed by atoms with E-state index in [9.17, 15) is 10.1 Å².